The fourth-order valence-electron chi connectivity index (χ4n) is 3.68. The Morgan fingerprint density at radius 2 is 1.59 bits per heavy atom. The number of guanidine groups is 1. The van der Waals surface area contributed by atoms with Gasteiger partial charge in [0.15, 0.2) is 5.96 Å². The molecule has 3 rings (SSSR count). The number of halogens is 1. The third kappa shape index (κ3) is 9.56. The van der Waals surface area contributed by atoms with Gasteiger partial charge in [-0.1, -0.05) is 54.6 Å². The Balaban J connectivity index is 0.00000363. The zero-order chi connectivity index (χ0) is 21.7. The molecular weight excluding hydrogens is 513 g/mol. The van der Waals surface area contributed by atoms with E-state index in [9.17, 15) is 4.79 Å². The van der Waals surface area contributed by atoms with Crippen LogP contribution in [0.25, 0.3) is 0 Å². The molecular formula is C25H36IN5O. The van der Waals surface area contributed by atoms with Crippen LogP contribution in [0.4, 0.5) is 0 Å². The van der Waals surface area contributed by atoms with Crippen LogP contribution < -0.4 is 16.0 Å². The molecule has 1 aliphatic rings. The lowest BCUT2D eigenvalue weighted by Gasteiger charge is -2.14. The normalized spacial score (nSPS) is 14.0. The Morgan fingerprint density at radius 3 is 2.28 bits per heavy atom. The van der Waals surface area contributed by atoms with Crippen molar-refractivity contribution < 1.29 is 4.79 Å². The Kier molecular flexibility index (Phi) is 12.1. The maximum Gasteiger partial charge on any atom is 0.239 e. The number of hydrogen-bond acceptors (Lipinski definition) is 3. The zero-order valence-electron chi connectivity index (χ0n) is 19.0. The Bertz CT molecular complexity index is 820. The molecule has 2 aromatic rings. The summed E-state index contributed by atoms with van der Waals surface area (Å²) in [5, 5.41) is 9.27. The molecule has 0 bridgehead atoms. The standard InChI is InChI=1S/C25H35N5O.HI/c1-2-26-25(29-19-24(31)27-15-14-21-8-4-3-5-9-21)28-18-22-10-12-23(13-11-22)20-30-16-6-7-17-30;/h3-5,8-13H,2,6-7,14-20H2,1H3,(H,27,31)(H2,26,28,29);1H. The van der Waals surface area contributed by atoms with E-state index < -0.39 is 0 Å². The highest BCUT2D eigenvalue weighted by molar-refractivity contribution is 14.0. The molecule has 0 radical (unpaired) electrons. The first-order valence-corrected chi connectivity index (χ1v) is 11.4. The van der Waals surface area contributed by atoms with E-state index in [-0.39, 0.29) is 36.4 Å². The number of rotatable bonds is 10. The molecule has 0 saturated carbocycles. The number of amides is 1. The number of benzene rings is 2. The summed E-state index contributed by atoms with van der Waals surface area (Å²) in [5.74, 6) is 0.620. The van der Waals surface area contributed by atoms with Crippen LogP contribution >= 0.6 is 24.0 Å². The summed E-state index contributed by atoms with van der Waals surface area (Å²) in [6.07, 6.45) is 3.46. The summed E-state index contributed by atoms with van der Waals surface area (Å²) >= 11 is 0. The van der Waals surface area contributed by atoms with Crippen LogP contribution in [0.15, 0.2) is 59.6 Å². The zero-order valence-corrected chi connectivity index (χ0v) is 21.3. The average Bonchev–Trinajstić information content (AvgIpc) is 3.30. The molecule has 1 heterocycles. The minimum absolute atomic E-state index is 0. The molecule has 174 valence electrons. The van der Waals surface area contributed by atoms with Crippen LogP contribution in [0.2, 0.25) is 0 Å². The Morgan fingerprint density at radius 1 is 0.906 bits per heavy atom. The van der Waals surface area contributed by atoms with E-state index in [1.807, 2.05) is 25.1 Å². The van der Waals surface area contributed by atoms with Crippen LogP contribution in [0.1, 0.15) is 36.5 Å². The van der Waals surface area contributed by atoms with E-state index in [1.54, 1.807) is 0 Å². The van der Waals surface area contributed by atoms with Crippen LogP contribution in [-0.2, 0) is 24.3 Å². The molecule has 0 spiro atoms. The van der Waals surface area contributed by atoms with Crippen LogP contribution in [-0.4, -0.2) is 49.5 Å². The molecule has 6 nitrogen and oxygen atoms in total. The van der Waals surface area contributed by atoms with Crippen molar-refractivity contribution in [3.63, 3.8) is 0 Å². The van der Waals surface area contributed by atoms with Crippen molar-refractivity contribution in [2.24, 2.45) is 4.99 Å². The van der Waals surface area contributed by atoms with Crippen LogP contribution in [0, 0.1) is 0 Å². The predicted molar refractivity (Wildman–Crippen MR) is 142 cm³/mol. The molecule has 0 aromatic heterocycles. The first-order valence-electron chi connectivity index (χ1n) is 11.4. The third-order valence-electron chi connectivity index (χ3n) is 5.39. The summed E-state index contributed by atoms with van der Waals surface area (Å²) in [7, 11) is 0. The number of nitrogens with one attached hydrogen (secondary N) is 3. The topological polar surface area (TPSA) is 68.8 Å². The van der Waals surface area contributed by atoms with E-state index in [0.29, 0.717) is 19.0 Å². The van der Waals surface area contributed by atoms with Crippen LogP contribution in [0.3, 0.4) is 0 Å². The quantitative estimate of drug-likeness (QED) is 0.242. The summed E-state index contributed by atoms with van der Waals surface area (Å²) in [6.45, 7) is 7.63. The summed E-state index contributed by atoms with van der Waals surface area (Å²) in [5.41, 5.74) is 3.73. The predicted octanol–water partition coefficient (Wildman–Crippen LogP) is 3.31. The van der Waals surface area contributed by atoms with Crippen molar-refractivity contribution in [3.8, 4) is 0 Å². The van der Waals surface area contributed by atoms with E-state index >= 15 is 0 Å². The highest BCUT2D eigenvalue weighted by Crippen LogP contribution is 2.13. The van der Waals surface area contributed by atoms with Crippen molar-refractivity contribution in [1.29, 1.82) is 0 Å². The monoisotopic (exact) mass is 549 g/mol. The summed E-state index contributed by atoms with van der Waals surface area (Å²) in [4.78, 5) is 19.3. The van der Waals surface area contributed by atoms with Gasteiger partial charge in [-0.15, -0.1) is 24.0 Å². The number of carbonyl (C=O) groups is 1. The highest BCUT2D eigenvalue weighted by atomic mass is 127. The molecule has 0 aliphatic carbocycles. The fourth-order valence-corrected chi connectivity index (χ4v) is 3.68. The van der Waals surface area contributed by atoms with Gasteiger partial charge in [-0.2, -0.15) is 0 Å². The van der Waals surface area contributed by atoms with Crippen LogP contribution in [0.5, 0.6) is 0 Å². The van der Waals surface area contributed by atoms with Crippen molar-refractivity contribution in [2.75, 3.05) is 32.7 Å². The number of carbonyl (C=O) groups excluding carboxylic acids is 1. The molecule has 1 amide bonds. The lowest BCUT2D eigenvalue weighted by atomic mass is 10.1. The number of aliphatic imine (C=N–C) groups is 1. The second-order valence-corrected chi connectivity index (χ2v) is 7.93. The molecule has 0 atom stereocenters. The SMILES string of the molecule is CCNC(=NCc1ccc(CN2CCCC2)cc1)NCC(=O)NCCc1ccccc1.I. The van der Waals surface area contributed by atoms with Gasteiger partial charge in [0, 0.05) is 19.6 Å². The third-order valence-corrected chi connectivity index (χ3v) is 5.39. The number of nitrogens with zero attached hydrogens (tertiary/aromatic N) is 2. The fraction of sp³-hybridized carbons (Fsp3) is 0.440. The molecule has 2 aromatic carbocycles. The van der Waals surface area contributed by atoms with Crippen molar-refractivity contribution in [3.05, 3.63) is 71.3 Å². The largest absolute Gasteiger partial charge is 0.357 e. The minimum Gasteiger partial charge on any atom is -0.357 e. The smallest absolute Gasteiger partial charge is 0.239 e. The van der Waals surface area contributed by atoms with Gasteiger partial charge in [-0.05, 0) is 56.0 Å². The lowest BCUT2D eigenvalue weighted by Crippen LogP contribution is -2.43. The van der Waals surface area contributed by atoms with Gasteiger partial charge in [-0.25, -0.2) is 4.99 Å². The first-order chi connectivity index (χ1) is 15.2. The summed E-state index contributed by atoms with van der Waals surface area (Å²) < 4.78 is 0. The van der Waals surface area contributed by atoms with E-state index in [2.05, 4.69) is 62.2 Å². The maximum absolute atomic E-state index is 12.1. The minimum atomic E-state index is -0.0344. The van der Waals surface area contributed by atoms with Gasteiger partial charge < -0.3 is 16.0 Å². The second kappa shape index (κ2) is 14.8. The second-order valence-electron chi connectivity index (χ2n) is 7.93. The highest BCUT2D eigenvalue weighted by Gasteiger charge is 2.11. The van der Waals surface area contributed by atoms with Crippen molar-refractivity contribution in [2.45, 2.75) is 39.3 Å². The molecule has 1 aliphatic heterocycles. The van der Waals surface area contributed by atoms with Gasteiger partial charge in [0.25, 0.3) is 0 Å². The Hall–Kier alpha value is -2.13. The van der Waals surface area contributed by atoms with Gasteiger partial charge in [0.05, 0.1) is 13.1 Å². The van der Waals surface area contributed by atoms with Gasteiger partial charge >= 0.3 is 0 Å². The summed E-state index contributed by atoms with van der Waals surface area (Å²) in [6, 6.07) is 18.9. The average molecular weight is 550 g/mol. The van der Waals surface area contributed by atoms with E-state index in [1.165, 1.54) is 37.1 Å². The molecule has 1 fully saturated rings. The molecule has 1 saturated heterocycles. The lowest BCUT2D eigenvalue weighted by molar-refractivity contribution is -0.119. The molecule has 32 heavy (non-hydrogen) atoms. The molecule has 0 unspecified atom stereocenters. The van der Waals surface area contributed by atoms with Gasteiger partial charge in [0.2, 0.25) is 5.91 Å². The van der Waals surface area contributed by atoms with Gasteiger partial charge in [0.1, 0.15) is 0 Å². The molecule has 7 heteroatoms. The maximum atomic E-state index is 12.1. The van der Waals surface area contributed by atoms with E-state index in [0.717, 1.165) is 25.1 Å². The Labute approximate surface area is 209 Å². The first kappa shape index (κ1) is 26.1. The van der Waals surface area contributed by atoms with E-state index in [4.69, 9.17) is 0 Å². The molecule has 3 N–H and O–H groups in total. The van der Waals surface area contributed by atoms with Crippen molar-refractivity contribution in [1.82, 2.24) is 20.9 Å². The van der Waals surface area contributed by atoms with Crippen molar-refractivity contribution >= 4 is 35.8 Å². The van der Waals surface area contributed by atoms with Gasteiger partial charge in [-0.3, -0.25) is 9.69 Å². The number of hydrogen-bond donors (Lipinski definition) is 3. The number of likely N-dealkylation sites (tertiary alicyclic amines) is 1.